The Bertz CT molecular complexity index is 572. The summed E-state index contributed by atoms with van der Waals surface area (Å²) >= 11 is 0. The van der Waals surface area contributed by atoms with Crippen LogP contribution in [0, 0.1) is 0 Å². The number of rotatable bonds is 2. The predicted octanol–water partition coefficient (Wildman–Crippen LogP) is -0.861. The first-order valence-corrected chi connectivity index (χ1v) is 5.60. The van der Waals surface area contributed by atoms with Gasteiger partial charge in [0.25, 0.3) is 0 Å². The van der Waals surface area contributed by atoms with E-state index in [4.69, 9.17) is 10.5 Å². The van der Waals surface area contributed by atoms with Gasteiger partial charge in [0.1, 0.15) is 12.6 Å². The van der Waals surface area contributed by atoms with Gasteiger partial charge in [-0.25, -0.2) is 9.97 Å². The zero-order chi connectivity index (χ0) is 12.7. The number of aliphatic hydroxyl groups is 1. The van der Waals surface area contributed by atoms with Gasteiger partial charge in [-0.3, -0.25) is 4.57 Å². The van der Waals surface area contributed by atoms with E-state index in [1.807, 2.05) is 0 Å². The molecule has 0 aliphatic carbocycles. The molecule has 0 radical (unpaired) electrons. The zero-order valence-corrected chi connectivity index (χ0v) is 9.47. The number of hydrogen-bond donors (Lipinski definition) is 3. The van der Waals surface area contributed by atoms with Crippen molar-refractivity contribution in [3.05, 3.63) is 12.7 Å². The average molecular weight is 251 g/mol. The van der Waals surface area contributed by atoms with Gasteiger partial charge in [0.2, 0.25) is 5.88 Å². The van der Waals surface area contributed by atoms with Gasteiger partial charge < -0.3 is 20.7 Å². The first-order chi connectivity index (χ1) is 8.70. The molecule has 1 saturated heterocycles. The van der Waals surface area contributed by atoms with Crippen LogP contribution in [0.4, 0.5) is 0 Å². The van der Waals surface area contributed by atoms with E-state index in [1.54, 1.807) is 4.57 Å². The molecule has 0 bridgehead atoms. The molecule has 1 aliphatic rings. The lowest BCUT2D eigenvalue weighted by Gasteiger charge is -2.13. The van der Waals surface area contributed by atoms with E-state index in [2.05, 4.69) is 15.0 Å². The van der Waals surface area contributed by atoms with Crippen molar-refractivity contribution in [1.82, 2.24) is 19.5 Å². The van der Waals surface area contributed by atoms with Crippen LogP contribution < -0.4 is 5.73 Å². The second kappa shape index (κ2) is 4.16. The lowest BCUT2D eigenvalue weighted by atomic mass is 10.2. The van der Waals surface area contributed by atoms with E-state index in [9.17, 15) is 10.2 Å². The Hall–Kier alpha value is -1.77. The number of nitrogens with two attached hydrogens (primary N) is 1. The van der Waals surface area contributed by atoms with Crippen molar-refractivity contribution in [2.75, 3.05) is 6.54 Å². The van der Waals surface area contributed by atoms with E-state index < -0.39 is 6.10 Å². The largest absolute Gasteiger partial charge is 0.492 e. The number of aromatic nitrogens is 4. The summed E-state index contributed by atoms with van der Waals surface area (Å²) in [6.07, 6.45) is 1.80. The van der Waals surface area contributed by atoms with Gasteiger partial charge in [0.05, 0.1) is 18.5 Å². The van der Waals surface area contributed by atoms with Crippen LogP contribution in [0.25, 0.3) is 11.2 Å². The van der Waals surface area contributed by atoms with Crippen molar-refractivity contribution in [2.45, 2.75) is 24.9 Å². The van der Waals surface area contributed by atoms with Crippen LogP contribution in [0.1, 0.15) is 12.6 Å². The van der Waals surface area contributed by atoms with E-state index in [0.717, 1.165) is 0 Å². The minimum absolute atomic E-state index is 0.173. The number of nitrogens with zero attached hydrogens (tertiary/aromatic N) is 4. The summed E-state index contributed by atoms with van der Waals surface area (Å²) in [4.78, 5) is 11.7. The van der Waals surface area contributed by atoms with Gasteiger partial charge in [-0.1, -0.05) is 0 Å². The maximum absolute atomic E-state index is 9.76. The Labute approximate surface area is 102 Å². The third kappa shape index (κ3) is 1.62. The fourth-order valence-electron chi connectivity index (χ4n) is 2.15. The van der Waals surface area contributed by atoms with Crippen molar-refractivity contribution in [3.63, 3.8) is 0 Å². The highest BCUT2D eigenvalue weighted by Gasteiger charge is 2.34. The van der Waals surface area contributed by atoms with Crippen molar-refractivity contribution in [3.8, 4) is 5.88 Å². The summed E-state index contributed by atoms with van der Waals surface area (Å²) in [6.45, 7) is 0.254. The Balaban J connectivity index is 1.99. The molecular weight excluding hydrogens is 238 g/mol. The molecule has 0 aromatic carbocycles. The maximum Gasteiger partial charge on any atom is 0.242 e. The molecule has 2 aromatic heterocycles. The highest BCUT2D eigenvalue weighted by Crippen LogP contribution is 2.31. The third-order valence-corrected chi connectivity index (χ3v) is 3.09. The monoisotopic (exact) mass is 251 g/mol. The molecule has 3 rings (SSSR count). The average Bonchev–Trinajstić information content (AvgIpc) is 2.93. The quantitative estimate of drug-likeness (QED) is 0.635. The van der Waals surface area contributed by atoms with Crippen molar-refractivity contribution >= 4 is 11.2 Å². The first kappa shape index (κ1) is 11.3. The summed E-state index contributed by atoms with van der Waals surface area (Å²) in [5.74, 6) is -0.173. The van der Waals surface area contributed by atoms with Gasteiger partial charge in [0, 0.05) is 13.0 Å². The molecule has 3 atom stereocenters. The minimum atomic E-state index is -0.604. The molecule has 0 saturated carbocycles. The molecule has 2 aromatic rings. The fourth-order valence-corrected chi connectivity index (χ4v) is 2.15. The lowest BCUT2D eigenvalue weighted by molar-refractivity contribution is -0.0115. The highest BCUT2D eigenvalue weighted by molar-refractivity contribution is 5.75. The van der Waals surface area contributed by atoms with Gasteiger partial charge >= 0.3 is 0 Å². The molecule has 96 valence electrons. The number of hydrogen-bond acceptors (Lipinski definition) is 7. The van der Waals surface area contributed by atoms with Crippen LogP contribution in [0.5, 0.6) is 5.88 Å². The van der Waals surface area contributed by atoms with E-state index in [-0.39, 0.29) is 24.8 Å². The molecule has 8 nitrogen and oxygen atoms in total. The molecule has 1 fully saturated rings. The van der Waals surface area contributed by atoms with Gasteiger partial charge in [-0.05, 0) is 0 Å². The number of ether oxygens (including phenoxy) is 1. The Morgan fingerprint density at radius 2 is 2.28 bits per heavy atom. The van der Waals surface area contributed by atoms with Crippen molar-refractivity contribution in [1.29, 1.82) is 0 Å². The number of aromatic hydroxyl groups is 1. The third-order valence-electron chi connectivity index (χ3n) is 3.09. The van der Waals surface area contributed by atoms with E-state index in [0.29, 0.717) is 17.6 Å². The van der Waals surface area contributed by atoms with Crippen LogP contribution >= 0.6 is 0 Å². The molecule has 1 unspecified atom stereocenters. The topological polar surface area (TPSA) is 119 Å². The summed E-state index contributed by atoms with van der Waals surface area (Å²) in [6, 6.07) is 0. The van der Waals surface area contributed by atoms with Crippen LogP contribution in [0.3, 0.4) is 0 Å². The fraction of sp³-hybridized carbons (Fsp3) is 0.500. The van der Waals surface area contributed by atoms with E-state index >= 15 is 0 Å². The smallest absolute Gasteiger partial charge is 0.242 e. The molecule has 3 heterocycles. The number of imidazole rings is 1. The summed E-state index contributed by atoms with van der Waals surface area (Å²) in [7, 11) is 0. The molecule has 8 heteroatoms. The molecule has 1 aliphatic heterocycles. The number of aliphatic hydroxyl groups excluding tert-OH is 1. The molecule has 0 amide bonds. The predicted molar refractivity (Wildman–Crippen MR) is 60.6 cm³/mol. The maximum atomic E-state index is 9.76. The van der Waals surface area contributed by atoms with Gasteiger partial charge in [-0.2, -0.15) is 4.98 Å². The second-order valence-corrected chi connectivity index (χ2v) is 4.19. The van der Waals surface area contributed by atoms with Crippen molar-refractivity contribution in [2.24, 2.45) is 5.73 Å². The molecular formula is C10H13N5O3. The van der Waals surface area contributed by atoms with Crippen LogP contribution in [0.2, 0.25) is 0 Å². The van der Waals surface area contributed by atoms with E-state index in [1.165, 1.54) is 12.7 Å². The Kier molecular flexibility index (Phi) is 2.62. The molecule has 18 heavy (non-hydrogen) atoms. The van der Waals surface area contributed by atoms with Gasteiger partial charge in [0.15, 0.2) is 11.2 Å². The Morgan fingerprint density at radius 3 is 3.00 bits per heavy atom. The van der Waals surface area contributed by atoms with Crippen LogP contribution in [-0.4, -0.2) is 48.5 Å². The second-order valence-electron chi connectivity index (χ2n) is 4.19. The SMILES string of the molecule is NC[C@H]1O[C@@H](n2cnc3c(O)ncnc32)CC1O. The zero-order valence-electron chi connectivity index (χ0n) is 9.47. The standard InChI is InChI=1S/C10H13N5O3/c11-2-6-5(16)1-7(18-6)15-4-14-8-9(15)12-3-13-10(8)17/h3-7,16H,1-2,11H2,(H,12,13,17)/t5?,6-,7-/m1/s1. The van der Waals surface area contributed by atoms with Gasteiger partial charge in [-0.15, -0.1) is 0 Å². The first-order valence-electron chi connectivity index (χ1n) is 5.60. The lowest BCUT2D eigenvalue weighted by Crippen LogP contribution is -2.29. The molecule has 0 spiro atoms. The normalized spacial score (nSPS) is 28.0. The van der Waals surface area contributed by atoms with Crippen molar-refractivity contribution < 1.29 is 14.9 Å². The summed E-state index contributed by atoms with van der Waals surface area (Å²) in [5.41, 5.74) is 6.28. The van der Waals surface area contributed by atoms with Crippen LogP contribution in [0.15, 0.2) is 12.7 Å². The summed E-state index contributed by atoms with van der Waals surface area (Å²) < 4.78 is 7.28. The summed E-state index contributed by atoms with van der Waals surface area (Å²) in [5, 5.41) is 19.3. The minimum Gasteiger partial charge on any atom is -0.492 e. The Morgan fingerprint density at radius 1 is 1.44 bits per heavy atom. The number of fused-ring (bicyclic) bond motifs is 1. The van der Waals surface area contributed by atoms with Crippen LogP contribution in [-0.2, 0) is 4.74 Å². The molecule has 4 N–H and O–H groups in total. The highest BCUT2D eigenvalue weighted by atomic mass is 16.5.